The highest BCUT2D eigenvalue weighted by atomic mass is 16.5. The molecule has 1 aromatic carbocycles. The number of carboxylic acids is 1. The first-order valence-corrected chi connectivity index (χ1v) is 8.71. The minimum absolute atomic E-state index is 0.0396. The Labute approximate surface area is 148 Å². The van der Waals surface area contributed by atoms with Crippen molar-refractivity contribution in [3.8, 4) is 5.75 Å². The maximum Gasteiger partial charge on any atom is 0.308 e. The topological polar surface area (TPSA) is 67.6 Å². The Hall–Kier alpha value is -2.34. The molecule has 3 rings (SSSR count). The van der Waals surface area contributed by atoms with Crippen molar-refractivity contribution in [2.45, 2.75) is 32.4 Å². The fourth-order valence-corrected chi connectivity index (χ4v) is 3.61. The lowest BCUT2D eigenvalue weighted by Gasteiger charge is -2.17. The molecule has 1 fully saturated rings. The van der Waals surface area contributed by atoms with Crippen molar-refractivity contribution in [1.29, 1.82) is 0 Å². The lowest BCUT2D eigenvalue weighted by Crippen LogP contribution is -2.24. The molecule has 1 aromatic heterocycles. The first-order valence-electron chi connectivity index (χ1n) is 8.71. The van der Waals surface area contributed by atoms with Gasteiger partial charge in [0.2, 0.25) is 0 Å². The third-order valence-electron chi connectivity index (χ3n) is 4.87. The van der Waals surface area contributed by atoms with Gasteiger partial charge >= 0.3 is 5.97 Å². The van der Waals surface area contributed by atoms with Crippen LogP contribution in [0.5, 0.6) is 5.75 Å². The molecular weight excluding hydrogens is 318 g/mol. The average molecular weight is 343 g/mol. The summed E-state index contributed by atoms with van der Waals surface area (Å²) in [6.07, 6.45) is 4.85. The van der Waals surface area contributed by atoms with Crippen LogP contribution in [-0.4, -0.2) is 45.7 Å². The number of methoxy groups -OCH3 is 1. The van der Waals surface area contributed by atoms with E-state index in [4.69, 9.17) is 4.74 Å². The summed E-state index contributed by atoms with van der Waals surface area (Å²) in [5, 5.41) is 9.68. The molecule has 1 aliphatic heterocycles. The summed E-state index contributed by atoms with van der Waals surface area (Å²) in [6.45, 7) is 5.00. The van der Waals surface area contributed by atoms with Gasteiger partial charge in [-0.2, -0.15) is 0 Å². The van der Waals surface area contributed by atoms with Gasteiger partial charge in [-0.1, -0.05) is 19.1 Å². The number of aryl methyl sites for hydroxylation is 1. The van der Waals surface area contributed by atoms with E-state index in [2.05, 4.69) is 21.4 Å². The Bertz CT molecular complexity index is 728. The maximum absolute atomic E-state index is 11.8. The maximum atomic E-state index is 11.8. The number of hydrogen-bond donors (Lipinski definition) is 1. The molecular formula is C19H25N3O3. The molecule has 0 radical (unpaired) electrons. The standard InChI is InChI=1S/C19H25N3O3/c1-3-8-22-9-7-20-18(22)13-21-11-16(17(12-21)19(23)24)14-5-4-6-15(10-14)25-2/h4-7,9-10,16-17H,3,8,11-13H2,1-2H3,(H,23,24)/t16-,17+/m1/s1. The second kappa shape index (κ2) is 7.70. The molecule has 25 heavy (non-hydrogen) atoms. The molecule has 0 saturated carbocycles. The predicted molar refractivity (Wildman–Crippen MR) is 94.7 cm³/mol. The molecule has 0 bridgehead atoms. The van der Waals surface area contributed by atoms with E-state index >= 15 is 0 Å². The van der Waals surface area contributed by atoms with Crippen molar-refractivity contribution in [2.24, 2.45) is 5.92 Å². The van der Waals surface area contributed by atoms with Crippen LogP contribution < -0.4 is 4.74 Å². The van der Waals surface area contributed by atoms with Crippen LogP contribution in [0, 0.1) is 5.92 Å². The van der Waals surface area contributed by atoms with E-state index in [9.17, 15) is 9.90 Å². The van der Waals surface area contributed by atoms with Gasteiger partial charge in [0.1, 0.15) is 11.6 Å². The Morgan fingerprint density at radius 2 is 2.24 bits per heavy atom. The summed E-state index contributed by atoms with van der Waals surface area (Å²) in [5.41, 5.74) is 1.02. The second-order valence-corrected chi connectivity index (χ2v) is 6.56. The Kier molecular flexibility index (Phi) is 5.38. The van der Waals surface area contributed by atoms with Gasteiger partial charge in [-0.3, -0.25) is 9.69 Å². The predicted octanol–water partition coefficient (Wildman–Crippen LogP) is 2.60. The summed E-state index contributed by atoms with van der Waals surface area (Å²) in [4.78, 5) is 18.4. The van der Waals surface area contributed by atoms with E-state index in [0.29, 0.717) is 19.6 Å². The highest BCUT2D eigenvalue weighted by Gasteiger charge is 2.38. The van der Waals surface area contributed by atoms with Crippen LogP contribution in [0.4, 0.5) is 0 Å². The van der Waals surface area contributed by atoms with Crippen LogP contribution in [0.15, 0.2) is 36.7 Å². The van der Waals surface area contributed by atoms with Gasteiger partial charge in [-0.05, 0) is 24.1 Å². The van der Waals surface area contributed by atoms with E-state index < -0.39 is 11.9 Å². The number of carboxylic acid groups (broad SMARTS) is 1. The number of likely N-dealkylation sites (tertiary alicyclic amines) is 1. The third-order valence-corrected chi connectivity index (χ3v) is 4.87. The SMILES string of the molecule is CCCn1ccnc1CN1C[C@H](C(=O)O)[C@@H](c2cccc(OC)c2)C1. The molecule has 2 atom stereocenters. The van der Waals surface area contributed by atoms with Crippen LogP contribution in [0.2, 0.25) is 0 Å². The number of benzene rings is 1. The molecule has 0 unspecified atom stereocenters. The van der Waals surface area contributed by atoms with Crippen LogP contribution in [0.1, 0.15) is 30.7 Å². The lowest BCUT2D eigenvalue weighted by molar-refractivity contribution is -0.141. The number of hydrogen-bond acceptors (Lipinski definition) is 4. The van der Waals surface area contributed by atoms with Gasteiger partial charge in [0.15, 0.2) is 0 Å². The van der Waals surface area contributed by atoms with E-state index in [-0.39, 0.29) is 5.92 Å². The van der Waals surface area contributed by atoms with Crippen molar-refractivity contribution in [3.05, 3.63) is 48.0 Å². The van der Waals surface area contributed by atoms with Gasteiger partial charge in [0.05, 0.1) is 19.6 Å². The fraction of sp³-hybridized carbons (Fsp3) is 0.474. The number of rotatable bonds is 7. The Morgan fingerprint density at radius 1 is 1.40 bits per heavy atom. The Morgan fingerprint density at radius 3 is 2.96 bits per heavy atom. The molecule has 1 aliphatic rings. The minimum atomic E-state index is -0.743. The van der Waals surface area contributed by atoms with Crippen molar-refractivity contribution in [1.82, 2.24) is 14.5 Å². The number of nitrogens with zero attached hydrogens (tertiary/aromatic N) is 3. The Balaban J connectivity index is 1.78. The summed E-state index contributed by atoms with van der Waals surface area (Å²) < 4.78 is 7.44. The van der Waals surface area contributed by atoms with Crippen LogP contribution in [-0.2, 0) is 17.9 Å². The number of imidazole rings is 1. The smallest absolute Gasteiger partial charge is 0.308 e. The molecule has 2 aromatic rings. The number of aromatic nitrogens is 2. The molecule has 0 aliphatic carbocycles. The second-order valence-electron chi connectivity index (χ2n) is 6.56. The average Bonchev–Trinajstić information content (AvgIpc) is 3.23. The van der Waals surface area contributed by atoms with Crippen molar-refractivity contribution < 1.29 is 14.6 Å². The van der Waals surface area contributed by atoms with E-state index in [0.717, 1.165) is 30.1 Å². The van der Waals surface area contributed by atoms with Gasteiger partial charge in [-0.15, -0.1) is 0 Å². The van der Waals surface area contributed by atoms with E-state index in [1.807, 2.05) is 36.7 Å². The molecule has 134 valence electrons. The largest absolute Gasteiger partial charge is 0.497 e. The van der Waals surface area contributed by atoms with Gasteiger partial charge in [-0.25, -0.2) is 4.98 Å². The zero-order chi connectivity index (χ0) is 17.8. The highest BCUT2D eigenvalue weighted by Crippen LogP contribution is 2.35. The highest BCUT2D eigenvalue weighted by molar-refractivity contribution is 5.72. The summed E-state index contributed by atoms with van der Waals surface area (Å²) in [7, 11) is 1.63. The lowest BCUT2D eigenvalue weighted by atomic mass is 9.89. The molecule has 1 N–H and O–H groups in total. The molecule has 2 heterocycles. The fourth-order valence-electron chi connectivity index (χ4n) is 3.61. The molecule has 6 heteroatoms. The number of aliphatic carboxylic acids is 1. The van der Waals surface area contributed by atoms with Crippen molar-refractivity contribution in [3.63, 3.8) is 0 Å². The molecule has 0 spiro atoms. The van der Waals surface area contributed by atoms with Crippen LogP contribution in [0.3, 0.4) is 0 Å². The minimum Gasteiger partial charge on any atom is -0.497 e. The van der Waals surface area contributed by atoms with Gasteiger partial charge in [0.25, 0.3) is 0 Å². The van der Waals surface area contributed by atoms with Crippen LogP contribution in [0.25, 0.3) is 0 Å². The zero-order valence-electron chi connectivity index (χ0n) is 14.8. The van der Waals surface area contributed by atoms with Crippen LogP contribution >= 0.6 is 0 Å². The summed E-state index contributed by atoms with van der Waals surface area (Å²) in [6, 6.07) is 7.74. The monoisotopic (exact) mass is 343 g/mol. The van der Waals surface area contributed by atoms with Gasteiger partial charge in [0, 0.05) is 37.9 Å². The van der Waals surface area contributed by atoms with Gasteiger partial charge < -0.3 is 14.4 Å². The zero-order valence-corrected chi connectivity index (χ0v) is 14.8. The number of carbonyl (C=O) groups is 1. The normalized spacial score (nSPS) is 20.7. The van der Waals surface area contributed by atoms with E-state index in [1.54, 1.807) is 7.11 Å². The molecule has 6 nitrogen and oxygen atoms in total. The first kappa shape index (κ1) is 17.5. The van der Waals surface area contributed by atoms with Crippen molar-refractivity contribution >= 4 is 5.97 Å². The first-order chi connectivity index (χ1) is 12.1. The summed E-state index contributed by atoms with van der Waals surface area (Å²) >= 11 is 0. The molecule has 1 saturated heterocycles. The third kappa shape index (κ3) is 3.85. The molecule has 0 amide bonds. The summed E-state index contributed by atoms with van der Waals surface area (Å²) in [5.74, 6) is 0.562. The quantitative estimate of drug-likeness (QED) is 0.837. The van der Waals surface area contributed by atoms with E-state index in [1.165, 1.54) is 0 Å². The van der Waals surface area contributed by atoms with Crippen molar-refractivity contribution in [2.75, 3.05) is 20.2 Å². The number of ether oxygens (including phenoxy) is 1.